The summed E-state index contributed by atoms with van der Waals surface area (Å²) in [6, 6.07) is 16.1. The fraction of sp³-hybridized carbons (Fsp3) is 0.150. The molecule has 1 saturated heterocycles. The average molecular weight is 417 g/mol. The van der Waals surface area contributed by atoms with E-state index >= 15 is 0 Å². The van der Waals surface area contributed by atoms with Gasteiger partial charge in [0.1, 0.15) is 10.4 Å². The second-order valence-corrected chi connectivity index (χ2v) is 8.09. The molecule has 7 heteroatoms. The Balaban J connectivity index is 1.68. The molecule has 1 unspecified atom stereocenters. The number of hydrogen-bond acceptors (Lipinski definition) is 4. The Morgan fingerprint density at radius 2 is 1.89 bits per heavy atom. The maximum absolute atomic E-state index is 12.8. The first-order chi connectivity index (χ1) is 13.0. The van der Waals surface area contributed by atoms with Crippen LogP contribution in [0.1, 0.15) is 18.1 Å². The predicted octanol–water partition coefficient (Wildman–Crippen LogP) is 4.25. The monoisotopic (exact) mass is 416 g/mol. The summed E-state index contributed by atoms with van der Waals surface area (Å²) in [6.07, 6.45) is 1.75. The zero-order valence-electron chi connectivity index (χ0n) is 14.5. The van der Waals surface area contributed by atoms with Crippen molar-refractivity contribution in [1.82, 2.24) is 10.2 Å². The normalized spacial score (nSPS) is 16.7. The third-order valence-electron chi connectivity index (χ3n) is 4.07. The Bertz CT molecular complexity index is 898. The van der Waals surface area contributed by atoms with Crippen molar-refractivity contribution in [1.29, 1.82) is 0 Å². The van der Waals surface area contributed by atoms with Crippen LogP contribution in [0.2, 0.25) is 5.02 Å². The molecule has 4 nitrogen and oxygen atoms in total. The van der Waals surface area contributed by atoms with Crippen molar-refractivity contribution >= 4 is 57.8 Å². The summed E-state index contributed by atoms with van der Waals surface area (Å²) in [7, 11) is 0. The van der Waals surface area contributed by atoms with Gasteiger partial charge in [0.05, 0.1) is 4.91 Å². The molecule has 1 aliphatic heterocycles. The van der Waals surface area contributed by atoms with E-state index in [1.807, 2.05) is 42.5 Å². The lowest BCUT2D eigenvalue weighted by Gasteiger charge is -2.22. The number of carbonyl (C=O) groups is 2. The summed E-state index contributed by atoms with van der Waals surface area (Å²) in [6.45, 7) is 2.08. The van der Waals surface area contributed by atoms with Crippen LogP contribution in [0.15, 0.2) is 59.5 Å². The van der Waals surface area contributed by atoms with Gasteiger partial charge in [-0.05, 0) is 36.3 Å². The quantitative estimate of drug-likeness (QED) is 0.584. The highest BCUT2D eigenvalue weighted by Crippen LogP contribution is 2.34. The van der Waals surface area contributed by atoms with Crippen LogP contribution in [-0.4, -0.2) is 27.1 Å². The molecule has 0 aromatic heterocycles. The molecule has 0 radical (unpaired) electrons. The Kier molecular flexibility index (Phi) is 6.31. The number of amides is 2. The van der Waals surface area contributed by atoms with Crippen LogP contribution >= 0.6 is 35.6 Å². The van der Waals surface area contributed by atoms with Gasteiger partial charge in [0.25, 0.3) is 5.91 Å². The van der Waals surface area contributed by atoms with Gasteiger partial charge in [-0.25, -0.2) is 0 Å². The van der Waals surface area contributed by atoms with E-state index in [1.54, 1.807) is 25.1 Å². The van der Waals surface area contributed by atoms with E-state index in [4.69, 9.17) is 23.8 Å². The Morgan fingerprint density at radius 3 is 2.56 bits per heavy atom. The number of rotatable bonds is 5. The van der Waals surface area contributed by atoms with Crippen LogP contribution < -0.4 is 5.32 Å². The summed E-state index contributed by atoms with van der Waals surface area (Å²) in [4.78, 5) is 27.1. The van der Waals surface area contributed by atoms with Crippen molar-refractivity contribution in [3.8, 4) is 0 Å². The number of thiocarbonyl (C=S) groups is 1. The minimum absolute atomic E-state index is 0.247. The summed E-state index contributed by atoms with van der Waals surface area (Å²) in [5.41, 5.74) is 1.84. The minimum atomic E-state index is -0.683. The van der Waals surface area contributed by atoms with Crippen molar-refractivity contribution in [3.05, 3.63) is 75.7 Å². The molecule has 138 valence electrons. The molecular formula is C20H17ClN2O2S2. The molecule has 2 aromatic carbocycles. The van der Waals surface area contributed by atoms with Gasteiger partial charge in [-0.1, -0.05) is 78.0 Å². The zero-order chi connectivity index (χ0) is 19.4. The molecule has 27 heavy (non-hydrogen) atoms. The van der Waals surface area contributed by atoms with Crippen LogP contribution in [-0.2, 0) is 16.1 Å². The van der Waals surface area contributed by atoms with E-state index in [9.17, 15) is 9.59 Å². The molecule has 1 N–H and O–H groups in total. The number of carbonyl (C=O) groups excluding carboxylic acids is 2. The van der Waals surface area contributed by atoms with Gasteiger partial charge < -0.3 is 5.32 Å². The van der Waals surface area contributed by atoms with Gasteiger partial charge in [0.15, 0.2) is 0 Å². The van der Waals surface area contributed by atoms with E-state index in [0.29, 0.717) is 20.8 Å². The fourth-order valence-electron chi connectivity index (χ4n) is 2.57. The Hall–Kier alpha value is -2.15. The van der Waals surface area contributed by atoms with E-state index in [-0.39, 0.29) is 11.8 Å². The van der Waals surface area contributed by atoms with E-state index < -0.39 is 6.04 Å². The largest absolute Gasteiger partial charge is 0.350 e. The molecule has 0 aliphatic carbocycles. The third-order valence-corrected chi connectivity index (χ3v) is 5.65. The van der Waals surface area contributed by atoms with Gasteiger partial charge in [0.2, 0.25) is 5.91 Å². The predicted molar refractivity (Wildman–Crippen MR) is 114 cm³/mol. The topological polar surface area (TPSA) is 49.4 Å². The molecule has 0 spiro atoms. The van der Waals surface area contributed by atoms with Crippen molar-refractivity contribution in [2.75, 3.05) is 0 Å². The van der Waals surface area contributed by atoms with Gasteiger partial charge >= 0.3 is 0 Å². The van der Waals surface area contributed by atoms with Crippen molar-refractivity contribution in [2.24, 2.45) is 0 Å². The average Bonchev–Trinajstić information content (AvgIpc) is 2.95. The molecule has 2 amide bonds. The lowest BCUT2D eigenvalue weighted by molar-refractivity contribution is -0.132. The van der Waals surface area contributed by atoms with Crippen LogP contribution in [0.4, 0.5) is 0 Å². The molecule has 1 heterocycles. The van der Waals surface area contributed by atoms with Crippen LogP contribution in [0.25, 0.3) is 6.08 Å². The number of halogens is 1. The first-order valence-electron chi connectivity index (χ1n) is 8.30. The molecule has 1 atom stereocenters. The maximum Gasteiger partial charge on any atom is 0.266 e. The van der Waals surface area contributed by atoms with Crippen molar-refractivity contribution in [2.45, 2.75) is 19.5 Å². The molecule has 1 aliphatic rings. The molecule has 2 aromatic rings. The van der Waals surface area contributed by atoms with Crippen LogP contribution in [0.5, 0.6) is 0 Å². The standard InChI is InChI=1S/C20H17ClN2O2S2/c1-13(18(24)22-12-15-5-3-2-4-6-15)23-19(25)17(27-20(23)26)11-14-7-9-16(21)10-8-14/h2-11,13H,12H2,1H3,(H,22,24)/b17-11-. The summed E-state index contributed by atoms with van der Waals surface area (Å²) >= 11 is 12.4. The number of thioether (sulfide) groups is 1. The highest BCUT2D eigenvalue weighted by molar-refractivity contribution is 8.26. The fourth-order valence-corrected chi connectivity index (χ4v) is 4.12. The molecule has 0 bridgehead atoms. The number of hydrogen-bond donors (Lipinski definition) is 1. The first-order valence-corrected chi connectivity index (χ1v) is 9.90. The molecule has 3 rings (SSSR count). The molecule has 0 saturated carbocycles. The summed E-state index contributed by atoms with van der Waals surface area (Å²) in [5.74, 6) is -0.509. The minimum Gasteiger partial charge on any atom is -0.350 e. The second kappa shape index (κ2) is 8.69. The van der Waals surface area contributed by atoms with E-state index in [0.717, 1.165) is 11.1 Å². The zero-order valence-corrected chi connectivity index (χ0v) is 16.9. The lowest BCUT2D eigenvalue weighted by atomic mass is 10.2. The maximum atomic E-state index is 12.8. The molecule has 1 fully saturated rings. The van der Waals surface area contributed by atoms with Crippen molar-refractivity contribution < 1.29 is 9.59 Å². The van der Waals surface area contributed by atoms with Crippen LogP contribution in [0.3, 0.4) is 0 Å². The van der Waals surface area contributed by atoms with Crippen LogP contribution in [0, 0.1) is 0 Å². The molecular weight excluding hydrogens is 400 g/mol. The summed E-state index contributed by atoms with van der Waals surface area (Å²) in [5, 5.41) is 3.48. The summed E-state index contributed by atoms with van der Waals surface area (Å²) < 4.78 is 0.377. The highest BCUT2D eigenvalue weighted by Gasteiger charge is 2.38. The van der Waals surface area contributed by atoms with Gasteiger partial charge in [0, 0.05) is 11.6 Å². The smallest absolute Gasteiger partial charge is 0.266 e. The second-order valence-electron chi connectivity index (χ2n) is 5.98. The van der Waals surface area contributed by atoms with Gasteiger partial charge in [-0.3, -0.25) is 14.5 Å². The first kappa shape index (κ1) is 19.6. The Morgan fingerprint density at radius 1 is 1.22 bits per heavy atom. The van der Waals surface area contributed by atoms with Gasteiger partial charge in [-0.15, -0.1) is 0 Å². The number of nitrogens with zero attached hydrogens (tertiary/aromatic N) is 1. The van der Waals surface area contributed by atoms with Crippen molar-refractivity contribution in [3.63, 3.8) is 0 Å². The number of benzene rings is 2. The SMILES string of the molecule is CC(C(=O)NCc1ccccc1)N1C(=O)/C(=C/c2ccc(Cl)cc2)SC1=S. The third kappa shape index (κ3) is 4.77. The number of nitrogens with one attached hydrogen (secondary N) is 1. The Labute approximate surface area is 172 Å². The van der Waals surface area contributed by atoms with E-state index in [1.165, 1.54) is 16.7 Å². The van der Waals surface area contributed by atoms with Gasteiger partial charge in [-0.2, -0.15) is 0 Å². The highest BCUT2D eigenvalue weighted by atomic mass is 35.5. The van der Waals surface area contributed by atoms with E-state index in [2.05, 4.69) is 5.32 Å². The lowest BCUT2D eigenvalue weighted by Crippen LogP contribution is -2.46.